The number of rotatable bonds is 6. The van der Waals surface area contributed by atoms with Gasteiger partial charge < -0.3 is 15.4 Å². The number of benzene rings is 2. The van der Waals surface area contributed by atoms with Crippen LogP contribution < -0.4 is 10.6 Å². The number of amides is 2. The normalized spacial score (nSPS) is 19.8. The molecule has 0 saturated carbocycles. The van der Waals surface area contributed by atoms with E-state index in [0.717, 1.165) is 22.1 Å². The Morgan fingerprint density at radius 3 is 2.33 bits per heavy atom. The van der Waals surface area contributed by atoms with Gasteiger partial charge in [-0.3, -0.25) is 4.79 Å². The van der Waals surface area contributed by atoms with Crippen molar-refractivity contribution in [1.29, 1.82) is 0 Å². The van der Waals surface area contributed by atoms with Crippen molar-refractivity contribution in [2.24, 2.45) is 5.92 Å². The van der Waals surface area contributed by atoms with Crippen LogP contribution in [0, 0.1) is 19.8 Å². The molecule has 2 aromatic rings. The number of ether oxygens (including phenoxy) is 1. The first kappa shape index (κ1) is 24.5. The Balaban J connectivity index is 2.08. The molecule has 8 heteroatoms. The van der Waals surface area contributed by atoms with Crippen LogP contribution in [0.25, 0.3) is 0 Å². The monoisotopic (exact) mass is 470 g/mol. The van der Waals surface area contributed by atoms with Gasteiger partial charge in [-0.25, -0.2) is 13.2 Å². The molecule has 0 spiro atoms. The van der Waals surface area contributed by atoms with Crippen LogP contribution in [0.2, 0.25) is 0 Å². The summed E-state index contributed by atoms with van der Waals surface area (Å²) in [7, 11) is -3.94. The quantitative estimate of drug-likeness (QED) is 0.614. The van der Waals surface area contributed by atoms with Gasteiger partial charge in [0.05, 0.1) is 23.0 Å². The smallest absolute Gasteiger partial charge is 0.319 e. The lowest BCUT2D eigenvalue weighted by Crippen LogP contribution is -2.51. The highest BCUT2D eigenvalue weighted by atomic mass is 32.2. The minimum atomic E-state index is -3.94. The molecular formula is C25H30N2O5S. The molecule has 3 rings (SSSR count). The van der Waals surface area contributed by atoms with Crippen molar-refractivity contribution in [3.05, 3.63) is 75.8 Å². The van der Waals surface area contributed by atoms with Crippen molar-refractivity contribution in [3.8, 4) is 0 Å². The lowest BCUT2D eigenvalue weighted by Gasteiger charge is -2.33. The van der Waals surface area contributed by atoms with Crippen molar-refractivity contribution in [2.45, 2.75) is 51.5 Å². The van der Waals surface area contributed by atoms with Crippen molar-refractivity contribution < 1.29 is 22.7 Å². The molecule has 2 amide bonds. The van der Waals surface area contributed by atoms with Crippen molar-refractivity contribution >= 4 is 21.8 Å². The van der Waals surface area contributed by atoms with Gasteiger partial charge in [0.2, 0.25) is 9.84 Å². The maximum absolute atomic E-state index is 13.2. The van der Waals surface area contributed by atoms with Gasteiger partial charge in [-0.1, -0.05) is 44.2 Å². The van der Waals surface area contributed by atoms with Gasteiger partial charge >= 0.3 is 12.0 Å². The van der Waals surface area contributed by atoms with E-state index in [1.807, 2.05) is 38.1 Å². The molecule has 0 aliphatic carbocycles. The molecule has 1 fully saturated rings. The third-order valence-electron chi connectivity index (χ3n) is 5.80. The zero-order valence-electron chi connectivity index (χ0n) is 19.5. The number of sulfone groups is 1. The van der Waals surface area contributed by atoms with E-state index < -0.39 is 33.8 Å². The number of carbonyl (C=O) groups excluding carboxylic acids is 2. The van der Waals surface area contributed by atoms with Crippen LogP contribution in [-0.4, -0.2) is 27.0 Å². The van der Waals surface area contributed by atoms with E-state index in [9.17, 15) is 18.0 Å². The highest BCUT2D eigenvalue weighted by Gasteiger charge is 2.40. The molecule has 0 bridgehead atoms. The van der Waals surface area contributed by atoms with Gasteiger partial charge in [-0.2, -0.15) is 0 Å². The third kappa shape index (κ3) is 5.45. The SMILES string of the molecule is CCOC(=O)[C@@H]1/C(=C\S(=O)(=O)c2ccc(C)c(C)c2)NC(=O)N[C@H]1c1ccc(C(C)C)cc1. The standard InChI is InChI=1S/C25H30N2O5S/c1-6-32-24(28)22-21(14-33(30,31)20-12-7-16(4)17(5)13-20)26-25(29)27-23(22)19-10-8-18(9-11-19)15(2)3/h7-15,22-23H,6H2,1-5H3,(H2,26,27,29)/b21-14+/t22-,23+/m1/s1. The summed E-state index contributed by atoms with van der Waals surface area (Å²) in [6, 6.07) is 11.0. The van der Waals surface area contributed by atoms with Crippen molar-refractivity contribution in [1.82, 2.24) is 10.6 Å². The summed E-state index contributed by atoms with van der Waals surface area (Å²) in [5.41, 5.74) is 3.56. The summed E-state index contributed by atoms with van der Waals surface area (Å²) in [5.74, 6) is -1.35. The number of nitrogens with one attached hydrogen (secondary N) is 2. The molecule has 2 atom stereocenters. The molecular weight excluding hydrogens is 440 g/mol. The second kappa shape index (κ2) is 9.79. The van der Waals surface area contributed by atoms with Crippen LogP contribution in [-0.2, 0) is 19.4 Å². The van der Waals surface area contributed by atoms with Gasteiger partial charge in [-0.05, 0) is 61.1 Å². The van der Waals surface area contributed by atoms with Crippen LogP contribution in [0.1, 0.15) is 55.0 Å². The van der Waals surface area contributed by atoms with E-state index in [1.165, 1.54) is 6.07 Å². The maximum atomic E-state index is 13.2. The first-order valence-electron chi connectivity index (χ1n) is 10.9. The lowest BCUT2D eigenvalue weighted by molar-refractivity contribution is -0.147. The lowest BCUT2D eigenvalue weighted by atomic mass is 9.88. The van der Waals surface area contributed by atoms with Gasteiger partial charge in [0.15, 0.2) is 0 Å². The average molecular weight is 471 g/mol. The Hall–Kier alpha value is -3.13. The topological polar surface area (TPSA) is 102 Å². The Bertz CT molecular complexity index is 1180. The van der Waals surface area contributed by atoms with Crippen LogP contribution in [0.4, 0.5) is 4.79 Å². The number of hydrogen-bond acceptors (Lipinski definition) is 5. The summed E-state index contributed by atoms with van der Waals surface area (Å²) < 4.78 is 31.6. The van der Waals surface area contributed by atoms with Gasteiger partial charge in [-0.15, -0.1) is 0 Å². The summed E-state index contributed by atoms with van der Waals surface area (Å²) in [4.78, 5) is 25.5. The molecule has 2 N–H and O–H groups in total. The molecule has 0 aromatic heterocycles. The predicted molar refractivity (Wildman–Crippen MR) is 126 cm³/mol. The molecule has 0 unspecified atom stereocenters. The molecule has 1 heterocycles. The largest absolute Gasteiger partial charge is 0.465 e. The van der Waals surface area contributed by atoms with E-state index in [0.29, 0.717) is 11.5 Å². The molecule has 7 nitrogen and oxygen atoms in total. The molecule has 176 valence electrons. The molecule has 0 radical (unpaired) electrons. The number of hydrogen-bond donors (Lipinski definition) is 2. The summed E-state index contributed by atoms with van der Waals surface area (Å²) in [6.07, 6.45) is 0. The summed E-state index contributed by atoms with van der Waals surface area (Å²) in [6.45, 7) is 9.66. The Morgan fingerprint density at radius 1 is 1.09 bits per heavy atom. The minimum absolute atomic E-state index is 0.0200. The fraction of sp³-hybridized carbons (Fsp3) is 0.360. The maximum Gasteiger partial charge on any atom is 0.319 e. The zero-order valence-corrected chi connectivity index (χ0v) is 20.3. The van der Waals surface area contributed by atoms with Gasteiger partial charge in [0, 0.05) is 5.70 Å². The molecule has 1 aliphatic heterocycles. The average Bonchev–Trinajstić information content (AvgIpc) is 2.75. The fourth-order valence-corrected chi connectivity index (χ4v) is 5.01. The fourth-order valence-electron chi connectivity index (χ4n) is 3.74. The number of aryl methyl sites for hydroxylation is 2. The predicted octanol–water partition coefficient (Wildman–Crippen LogP) is 4.28. The Kier molecular flexibility index (Phi) is 7.27. The Labute approximate surface area is 195 Å². The Morgan fingerprint density at radius 2 is 1.76 bits per heavy atom. The zero-order chi connectivity index (χ0) is 24.3. The molecule has 2 aromatic carbocycles. The first-order valence-corrected chi connectivity index (χ1v) is 12.5. The van der Waals surface area contributed by atoms with Crippen LogP contribution >= 0.6 is 0 Å². The first-order chi connectivity index (χ1) is 15.5. The highest BCUT2D eigenvalue weighted by molar-refractivity contribution is 7.94. The van der Waals surface area contributed by atoms with E-state index in [2.05, 4.69) is 24.5 Å². The van der Waals surface area contributed by atoms with E-state index in [4.69, 9.17) is 4.74 Å². The molecule has 1 saturated heterocycles. The van der Waals surface area contributed by atoms with Crippen molar-refractivity contribution in [2.75, 3.05) is 6.61 Å². The summed E-state index contributed by atoms with van der Waals surface area (Å²) in [5, 5.41) is 6.24. The number of esters is 1. The highest BCUT2D eigenvalue weighted by Crippen LogP contribution is 2.33. The van der Waals surface area contributed by atoms with Crippen LogP contribution in [0.5, 0.6) is 0 Å². The molecule has 1 aliphatic rings. The van der Waals surface area contributed by atoms with Crippen LogP contribution in [0.15, 0.2) is 58.5 Å². The van der Waals surface area contributed by atoms with E-state index in [1.54, 1.807) is 19.1 Å². The van der Waals surface area contributed by atoms with Crippen molar-refractivity contribution in [3.63, 3.8) is 0 Å². The number of urea groups is 1. The van der Waals surface area contributed by atoms with E-state index >= 15 is 0 Å². The minimum Gasteiger partial charge on any atom is -0.465 e. The van der Waals surface area contributed by atoms with Crippen LogP contribution in [0.3, 0.4) is 0 Å². The summed E-state index contributed by atoms with van der Waals surface area (Å²) >= 11 is 0. The second-order valence-corrected chi connectivity index (χ2v) is 10.3. The third-order valence-corrected chi connectivity index (χ3v) is 7.28. The van der Waals surface area contributed by atoms with Gasteiger partial charge in [0.25, 0.3) is 0 Å². The molecule has 33 heavy (non-hydrogen) atoms. The number of carbonyl (C=O) groups is 2. The van der Waals surface area contributed by atoms with Gasteiger partial charge in [0.1, 0.15) is 5.92 Å². The van der Waals surface area contributed by atoms with E-state index in [-0.39, 0.29) is 17.2 Å². The second-order valence-electron chi connectivity index (χ2n) is 8.49.